The average molecular weight is 366 g/mol. The second-order valence-electron chi connectivity index (χ2n) is 6.12. The van der Waals surface area contributed by atoms with E-state index in [1.54, 1.807) is 0 Å². The van der Waals surface area contributed by atoms with Crippen molar-refractivity contribution in [3.8, 4) is 11.4 Å². The van der Waals surface area contributed by atoms with Crippen LogP contribution in [0.4, 0.5) is 5.69 Å². The highest BCUT2D eigenvalue weighted by molar-refractivity contribution is 7.99. The normalized spacial score (nSPS) is 10.7. The van der Waals surface area contributed by atoms with Crippen LogP contribution in [0.2, 0.25) is 0 Å². The van der Waals surface area contributed by atoms with Gasteiger partial charge in [-0.2, -0.15) is 0 Å². The summed E-state index contributed by atoms with van der Waals surface area (Å²) in [6, 6.07) is 16.1. The molecular formula is C20H22N4OS. The third-order valence-electron chi connectivity index (χ3n) is 4.10. The molecule has 0 fully saturated rings. The van der Waals surface area contributed by atoms with Gasteiger partial charge in [0.05, 0.1) is 5.75 Å². The summed E-state index contributed by atoms with van der Waals surface area (Å²) in [7, 11) is 1.92. The molecule has 1 heterocycles. The molecule has 5 nitrogen and oxygen atoms in total. The molecule has 0 spiro atoms. The largest absolute Gasteiger partial charge is 0.325 e. The zero-order valence-electron chi connectivity index (χ0n) is 15.2. The number of anilines is 1. The van der Waals surface area contributed by atoms with Crippen molar-refractivity contribution in [1.29, 1.82) is 0 Å². The summed E-state index contributed by atoms with van der Waals surface area (Å²) in [5.74, 6) is 1.03. The quantitative estimate of drug-likeness (QED) is 0.668. The van der Waals surface area contributed by atoms with Gasteiger partial charge in [-0.05, 0) is 31.0 Å². The fourth-order valence-electron chi connectivity index (χ4n) is 2.59. The topological polar surface area (TPSA) is 59.8 Å². The number of nitrogens with zero attached hydrogens (tertiary/aromatic N) is 3. The second kappa shape index (κ2) is 8.19. The highest BCUT2D eigenvalue weighted by Gasteiger charge is 2.13. The fourth-order valence-corrected chi connectivity index (χ4v) is 3.30. The van der Waals surface area contributed by atoms with Gasteiger partial charge in [0.25, 0.3) is 0 Å². The van der Waals surface area contributed by atoms with Crippen LogP contribution in [0.3, 0.4) is 0 Å². The molecule has 1 aromatic heterocycles. The van der Waals surface area contributed by atoms with Crippen molar-refractivity contribution in [2.45, 2.75) is 25.4 Å². The molecule has 0 saturated heterocycles. The smallest absolute Gasteiger partial charge is 0.234 e. The molecule has 0 aliphatic carbocycles. The molecule has 6 heteroatoms. The number of thioether (sulfide) groups is 1. The number of carbonyl (C=O) groups excluding carboxylic acids is 1. The molecule has 0 saturated carbocycles. The van der Waals surface area contributed by atoms with Crippen molar-refractivity contribution in [3.63, 3.8) is 0 Å². The Labute approximate surface area is 157 Å². The number of nitrogens with one attached hydrogen (secondary N) is 1. The minimum Gasteiger partial charge on any atom is -0.325 e. The summed E-state index contributed by atoms with van der Waals surface area (Å²) in [6.45, 7) is 4.15. The highest BCUT2D eigenvalue weighted by atomic mass is 32.2. The monoisotopic (exact) mass is 366 g/mol. The van der Waals surface area contributed by atoms with Crippen molar-refractivity contribution in [2.75, 3.05) is 11.1 Å². The third-order valence-corrected chi connectivity index (χ3v) is 5.12. The lowest BCUT2D eigenvalue weighted by atomic mass is 10.1. The van der Waals surface area contributed by atoms with Crippen LogP contribution in [0.5, 0.6) is 0 Å². The third kappa shape index (κ3) is 4.32. The Morgan fingerprint density at radius 3 is 2.65 bits per heavy atom. The van der Waals surface area contributed by atoms with Crippen molar-refractivity contribution in [2.24, 2.45) is 7.05 Å². The van der Waals surface area contributed by atoms with Crippen LogP contribution in [-0.4, -0.2) is 26.4 Å². The van der Waals surface area contributed by atoms with Gasteiger partial charge < -0.3 is 9.88 Å². The summed E-state index contributed by atoms with van der Waals surface area (Å²) < 4.78 is 1.92. The molecule has 0 aliphatic heterocycles. The van der Waals surface area contributed by atoms with Crippen LogP contribution in [0, 0.1) is 6.92 Å². The Bertz CT molecular complexity index is 902. The summed E-state index contributed by atoms with van der Waals surface area (Å²) >= 11 is 1.38. The lowest BCUT2D eigenvalue weighted by Gasteiger charge is -2.07. The van der Waals surface area contributed by atoms with Gasteiger partial charge in [0.2, 0.25) is 5.91 Å². The molecular weight excluding hydrogens is 344 g/mol. The minimum atomic E-state index is -0.0526. The molecule has 134 valence electrons. The number of amides is 1. The minimum absolute atomic E-state index is 0.0526. The van der Waals surface area contributed by atoms with E-state index in [4.69, 9.17) is 0 Å². The number of hydrogen-bond donors (Lipinski definition) is 1. The first-order chi connectivity index (χ1) is 12.6. The van der Waals surface area contributed by atoms with E-state index in [9.17, 15) is 4.79 Å². The van der Waals surface area contributed by atoms with Gasteiger partial charge in [0, 0.05) is 18.3 Å². The predicted octanol–water partition coefficient (Wildman–Crippen LogP) is 4.08. The number of benzene rings is 2. The molecule has 3 aromatic rings. The van der Waals surface area contributed by atoms with Gasteiger partial charge in [-0.25, -0.2) is 0 Å². The van der Waals surface area contributed by atoms with Crippen LogP contribution in [0.25, 0.3) is 11.4 Å². The zero-order valence-corrected chi connectivity index (χ0v) is 16.0. The van der Waals surface area contributed by atoms with Gasteiger partial charge in [-0.1, -0.05) is 60.6 Å². The molecule has 0 atom stereocenters. The summed E-state index contributed by atoms with van der Waals surface area (Å²) in [4.78, 5) is 12.2. The van der Waals surface area contributed by atoms with Crippen LogP contribution in [0.15, 0.2) is 53.7 Å². The van der Waals surface area contributed by atoms with Gasteiger partial charge in [0.15, 0.2) is 11.0 Å². The summed E-state index contributed by atoms with van der Waals surface area (Å²) in [5.41, 5.74) is 4.24. The SMILES string of the molecule is CCc1cccc(NC(=O)CSc2nnc(-c3ccc(C)cc3)n2C)c1. The van der Waals surface area contributed by atoms with Crippen molar-refractivity contribution >= 4 is 23.4 Å². The molecule has 0 radical (unpaired) electrons. The molecule has 1 amide bonds. The van der Waals surface area contributed by atoms with Crippen molar-refractivity contribution < 1.29 is 4.79 Å². The maximum Gasteiger partial charge on any atom is 0.234 e. The van der Waals surface area contributed by atoms with Gasteiger partial charge in [-0.3, -0.25) is 4.79 Å². The number of hydrogen-bond acceptors (Lipinski definition) is 4. The molecule has 0 unspecified atom stereocenters. The Balaban J connectivity index is 1.62. The summed E-state index contributed by atoms with van der Waals surface area (Å²) in [5, 5.41) is 12.1. The Hall–Kier alpha value is -2.60. The fraction of sp³-hybridized carbons (Fsp3) is 0.250. The molecule has 3 rings (SSSR count). The van der Waals surface area contributed by atoms with Crippen LogP contribution < -0.4 is 5.32 Å². The standard InChI is InChI=1S/C20H22N4OS/c1-4-15-6-5-7-17(12-15)21-18(25)13-26-20-23-22-19(24(20)3)16-10-8-14(2)9-11-16/h5-12H,4,13H2,1-3H3,(H,21,25). The van der Waals surface area contributed by atoms with E-state index in [2.05, 4.69) is 47.6 Å². The first-order valence-corrected chi connectivity index (χ1v) is 9.53. The zero-order chi connectivity index (χ0) is 18.5. The van der Waals surface area contributed by atoms with Crippen LogP contribution >= 0.6 is 11.8 Å². The maximum absolute atomic E-state index is 12.2. The Morgan fingerprint density at radius 2 is 1.92 bits per heavy atom. The van der Waals surface area contributed by atoms with Gasteiger partial charge >= 0.3 is 0 Å². The van der Waals surface area contributed by atoms with E-state index in [0.29, 0.717) is 0 Å². The van der Waals surface area contributed by atoms with E-state index in [1.165, 1.54) is 22.9 Å². The maximum atomic E-state index is 12.2. The van der Waals surface area contributed by atoms with E-state index in [-0.39, 0.29) is 11.7 Å². The van der Waals surface area contributed by atoms with Crippen LogP contribution in [-0.2, 0) is 18.3 Å². The Kier molecular flexibility index (Phi) is 5.73. The number of aryl methyl sites for hydroxylation is 2. The predicted molar refractivity (Wildman–Crippen MR) is 106 cm³/mol. The molecule has 26 heavy (non-hydrogen) atoms. The first kappa shape index (κ1) is 18.2. The highest BCUT2D eigenvalue weighted by Crippen LogP contribution is 2.23. The number of rotatable bonds is 6. The van der Waals surface area contributed by atoms with Gasteiger partial charge in [-0.15, -0.1) is 10.2 Å². The molecule has 1 N–H and O–H groups in total. The first-order valence-electron chi connectivity index (χ1n) is 8.55. The average Bonchev–Trinajstić information content (AvgIpc) is 3.01. The van der Waals surface area contributed by atoms with E-state index < -0.39 is 0 Å². The van der Waals surface area contributed by atoms with Crippen molar-refractivity contribution in [3.05, 3.63) is 59.7 Å². The van der Waals surface area contributed by atoms with Gasteiger partial charge in [0.1, 0.15) is 0 Å². The summed E-state index contributed by atoms with van der Waals surface area (Å²) in [6.07, 6.45) is 0.944. The van der Waals surface area contributed by atoms with E-state index in [0.717, 1.165) is 28.7 Å². The Morgan fingerprint density at radius 1 is 1.15 bits per heavy atom. The van der Waals surface area contributed by atoms with Crippen LogP contribution in [0.1, 0.15) is 18.1 Å². The molecule has 2 aromatic carbocycles. The van der Waals surface area contributed by atoms with Crippen molar-refractivity contribution in [1.82, 2.24) is 14.8 Å². The molecule has 0 aliphatic rings. The van der Waals surface area contributed by atoms with E-state index >= 15 is 0 Å². The van der Waals surface area contributed by atoms with E-state index in [1.807, 2.05) is 41.9 Å². The number of aromatic nitrogens is 3. The number of carbonyl (C=O) groups is 1. The molecule has 0 bridgehead atoms. The lowest BCUT2D eigenvalue weighted by molar-refractivity contribution is -0.113. The second-order valence-corrected chi connectivity index (χ2v) is 7.06. The lowest BCUT2D eigenvalue weighted by Crippen LogP contribution is -2.14.